The Bertz CT molecular complexity index is 1020. The van der Waals surface area contributed by atoms with Gasteiger partial charge in [-0.3, -0.25) is 4.79 Å². The normalized spacial score (nSPS) is 12.0. The third kappa shape index (κ3) is 4.95. The molecule has 2 heterocycles. The molecule has 0 saturated heterocycles. The molecule has 0 aliphatic heterocycles. The van der Waals surface area contributed by atoms with Gasteiger partial charge in [-0.15, -0.1) is 0 Å². The third-order valence-corrected chi connectivity index (χ3v) is 5.71. The molecule has 0 saturated carbocycles. The van der Waals surface area contributed by atoms with Crippen LogP contribution in [0, 0.1) is 20.8 Å². The fourth-order valence-corrected chi connectivity index (χ4v) is 3.77. The lowest BCUT2D eigenvalue weighted by Crippen LogP contribution is -2.43. The minimum absolute atomic E-state index is 0.114. The molecule has 2 N–H and O–H groups in total. The Morgan fingerprint density at radius 2 is 1.86 bits per heavy atom. The summed E-state index contributed by atoms with van der Waals surface area (Å²) >= 11 is 1.24. The highest BCUT2D eigenvalue weighted by molar-refractivity contribution is 7.99. The number of amides is 1. The number of carbonyl (C=O) groups excluding carboxylic acids is 2. The van der Waals surface area contributed by atoms with Crippen molar-refractivity contribution in [3.05, 3.63) is 53.0 Å². The summed E-state index contributed by atoms with van der Waals surface area (Å²) in [4.78, 5) is 36.7. The van der Waals surface area contributed by atoms with Crippen molar-refractivity contribution in [2.45, 2.75) is 38.4 Å². The van der Waals surface area contributed by atoms with Gasteiger partial charge >= 0.3 is 5.97 Å². The molecule has 3 aromatic rings. The molecule has 0 radical (unpaired) electrons. The Hall–Kier alpha value is -2.87. The predicted molar refractivity (Wildman–Crippen MR) is 113 cm³/mol. The van der Waals surface area contributed by atoms with Crippen LogP contribution in [0.25, 0.3) is 10.9 Å². The number of ether oxygens (including phenoxy) is 1. The second-order valence-electron chi connectivity index (χ2n) is 6.80. The number of rotatable bonds is 7. The number of thioether (sulfide) groups is 1. The number of hydrogen-bond donors (Lipinski definition) is 2. The number of esters is 1. The van der Waals surface area contributed by atoms with Crippen molar-refractivity contribution in [1.29, 1.82) is 0 Å². The first-order valence-corrected chi connectivity index (χ1v) is 10.2. The van der Waals surface area contributed by atoms with Gasteiger partial charge in [0.15, 0.2) is 5.16 Å². The minimum atomic E-state index is -0.769. The van der Waals surface area contributed by atoms with Crippen LogP contribution in [-0.4, -0.2) is 45.7 Å². The number of nitrogens with one attached hydrogen (secondary N) is 2. The zero-order valence-electron chi connectivity index (χ0n) is 16.9. The first kappa shape index (κ1) is 20.9. The number of fused-ring (bicyclic) bond motifs is 1. The molecule has 0 spiro atoms. The van der Waals surface area contributed by atoms with E-state index in [-0.39, 0.29) is 11.7 Å². The van der Waals surface area contributed by atoms with Gasteiger partial charge in [-0.2, -0.15) is 0 Å². The number of H-pyrrole nitrogens is 1. The largest absolute Gasteiger partial charge is 0.467 e. The van der Waals surface area contributed by atoms with Crippen LogP contribution in [0.2, 0.25) is 0 Å². The summed E-state index contributed by atoms with van der Waals surface area (Å²) < 4.78 is 4.89. The standard InChI is InChI=1S/C21H24N4O3S/c1-12-13(2)23-21(24-14(12)3)29-11-19(26)25-18(20(27)28-4)9-15-10-22-17-8-6-5-7-16(15)17/h5-8,10,18,22H,9,11H2,1-4H3,(H,25,26)/t18-/m0/s1. The molecule has 0 aliphatic carbocycles. The van der Waals surface area contributed by atoms with Crippen molar-refractivity contribution < 1.29 is 14.3 Å². The zero-order valence-corrected chi connectivity index (χ0v) is 17.7. The van der Waals surface area contributed by atoms with Crippen molar-refractivity contribution in [3.63, 3.8) is 0 Å². The fraction of sp³-hybridized carbons (Fsp3) is 0.333. The minimum Gasteiger partial charge on any atom is -0.467 e. The molecule has 29 heavy (non-hydrogen) atoms. The van der Waals surface area contributed by atoms with Crippen LogP contribution in [0.4, 0.5) is 0 Å². The van der Waals surface area contributed by atoms with E-state index in [1.165, 1.54) is 18.9 Å². The van der Waals surface area contributed by atoms with Crippen molar-refractivity contribution in [2.75, 3.05) is 12.9 Å². The van der Waals surface area contributed by atoms with E-state index in [0.29, 0.717) is 11.6 Å². The summed E-state index contributed by atoms with van der Waals surface area (Å²) in [5, 5.41) is 4.34. The number of para-hydroxylation sites is 1. The van der Waals surface area contributed by atoms with E-state index in [2.05, 4.69) is 20.3 Å². The molecular formula is C21H24N4O3S. The van der Waals surface area contributed by atoms with E-state index in [4.69, 9.17) is 4.74 Å². The Morgan fingerprint density at radius 1 is 1.17 bits per heavy atom. The van der Waals surface area contributed by atoms with Crippen LogP contribution in [0.3, 0.4) is 0 Å². The van der Waals surface area contributed by atoms with Gasteiger partial charge < -0.3 is 15.0 Å². The number of aromatic amines is 1. The van der Waals surface area contributed by atoms with Crippen molar-refractivity contribution in [3.8, 4) is 0 Å². The quantitative estimate of drug-likeness (QED) is 0.352. The Labute approximate surface area is 173 Å². The Kier molecular flexibility index (Phi) is 6.53. The molecule has 1 amide bonds. The van der Waals surface area contributed by atoms with Gasteiger partial charge in [0, 0.05) is 34.9 Å². The molecule has 2 aromatic heterocycles. The molecule has 152 valence electrons. The highest BCUT2D eigenvalue weighted by Gasteiger charge is 2.23. The molecule has 3 rings (SSSR count). The van der Waals surface area contributed by atoms with Crippen molar-refractivity contribution in [2.24, 2.45) is 0 Å². The molecule has 0 aliphatic rings. The van der Waals surface area contributed by atoms with Crippen molar-refractivity contribution in [1.82, 2.24) is 20.3 Å². The van der Waals surface area contributed by atoms with Gasteiger partial charge in [0.05, 0.1) is 12.9 Å². The number of methoxy groups -OCH3 is 1. The lowest BCUT2D eigenvalue weighted by molar-refractivity contribution is -0.144. The molecule has 8 heteroatoms. The van der Waals surface area contributed by atoms with Crippen molar-refractivity contribution >= 4 is 34.5 Å². The molecule has 1 atom stereocenters. The molecule has 0 unspecified atom stereocenters. The van der Waals surface area contributed by atoms with Gasteiger partial charge in [0.2, 0.25) is 5.91 Å². The van der Waals surface area contributed by atoms with Crippen LogP contribution in [0.15, 0.2) is 35.6 Å². The molecule has 0 bridgehead atoms. The lowest BCUT2D eigenvalue weighted by atomic mass is 10.0. The van der Waals surface area contributed by atoms with Crippen LogP contribution < -0.4 is 5.32 Å². The maximum Gasteiger partial charge on any atom is 0.328 e. The predicted octanol–water partition coefficient (Wildman–Crippen LogP) is 2.88. The van der Waals surface area contributed by atoms with Gasteiger partial charge in [-0.25, -0.2) is 14.8 Å². The van der Waals surface area contributed by atoms with E-state index < -0.39 is 12.0 Å². The van der Waals surface area contributed by atoms with E-state index in [1.807, 2.05) is 51.2 Å². The Balaban J connectivity index is 1.67. The van der Waals surface area contributed by atoms with Gasteiger partial charge in [-0.1, -0.05) is 30.0 Å². The van der Waals surface area contributed by atoms with E-state index in [1.54, 1.807) is 0 Å². The number of nitrogens with zero attached hydrogens (tertiary/aromatic N) is 2. The number of aromatic nitrogens is 3. The summed E-state index contributed by atoms with van der Waals surface area (Å²) in [5.41, 5.74) is 4.76. The first-order chi connectivity index (χ1) is 13.9. The second kappa shape index (κ2) is 9.09. The monoisotopic (exact) mass is 412 g/mol. The summed E-state index contributed by atoms with van der Waals surface area (Å²) in [6, 6.07) is 7.05. The number of benzene rings is 1. The SMILES string of the molecule is COC(=O)[C@H](Cc1c[nH]c2ccccc12)NC(=O)CSc1nc(C)c(C)c(C)n1. The smallest absolute Gasteiger partial charge is 0.328 e. The first-order valence-electron chi connectivity index (χ1n) is 9.26. The highest BCUT2D eigenvalue weighted by Crippen LogP contribution is 2.20. The number of hydrogen-bond acceptors (Lipinski definition) is 6. The average molecular weight is 413 g/mol. The maximum absolute atomic E-state index is 12.5. The molecule has 0 fully saturated rings. The van der Waals surface area contributed by atoms with E-state index in [0.717, 1.165) is 33.4 Å². The summed E-state index contributed by atoms with van der Waals surface area (Å²) in [5.74, 6) is -0.639. The van der Waals surface area contributed by atoms with E-state index >= 15 is 0 Å². The third-order valence-electron chi connectivity index (χ3n) is 4.86. The number of carbonyl (C=O) groups is 2. The topological polar surface area (TPSA) is 97.0 Å². The average Bonchev–Trinajstić information content (AvgIpc) is 3.12. The second-order valence-corrected chi connectivity index (χ2v) is 7.74. The Morgan fingerprint density at radius 3 is 2.55 bits per heavy atom. The van der Waals surface area contributed by atoms with Crippen LogP contribution in [0.5, 0.6) is 0 Å². The lowest BCUT2D eigenvalue weighted by Gasteiger charge is -2.16. The van der Waals surface area contributed by atoms with Gasteiger partial charge in [0.1, 0.15) is 6.04 Å². The molecule has 7 nitrogen and oxygen atoms in total. The van der Waals surface area contributed by atoms with Gasteiger partial charge in [0.25, 0.3) is 0 Å². The van der Waals surface area contributed by atoms with Crippen LogP contribution in [-0.2, 0) is 20.7 Å². The maximum atomic E-state index is 12.5. The van der Waals surface area contributed by atoms with Gasteiger partial charge in [-0.05, 0) is 38.0 Å². The molecule has 1 aromatic carbocycles. The number of aryl methyl sites for hydroxylation is 2. The molecular weight excluding hydrogens is 388 g/mol. The fourth-order valence-electron chi connectivity index (χ4n) is 3.03. The summed E-state index contributed by atoms with van der Waals surface area (Å²) in [7, 11) is 1.32. The zero-order chi connectivity index (χ0) is 21.0. The van der Waals surface area contributed by atoms with E-state index in [9.17, 15) is 9.59 Å². The summed E-state index contributed by atoms with van der Waals surface area (Å²) in [6.45, 7) is 5.81. The highest BCUT2D eigenvalue weighted by atomic mass is 32.2. The van der Waals surface area contributed by atoms with Crippen LogP contribution in [0.1, 0.15) is 22.5 Å². The summed E-state index contributed by atoms with van der Waals surface area (Å²) in [6.07, 6.45) is 2.19. The van der Waals surface area contributed by atoms with Crippen LogP contribution >= 0.6 is 11.8 Å².